The van der Waals surface area contributed by atoms with Gasteiger partial charge in [0.15, 0.2) is 16.1 Å². The first kappa shape index (κ1) is 16.2. The molecule has 0 spiro atoms. The largest absolute Gasteiger partial charge is 0.482 e. The van der Waals surface area contributed by atoms with Crippen LogP contribution in [0.5, 0.6) is 11.5 Å². The monoisotopic (exact) mass is 306 g/mol. The average molecular weight is 307 g/mol. The van der Waals surface area contributed by atoms with E-state index in [1.165, 1.54) is 0 Å². The molecule has 0 aliphatic heterocycles. The van der Waals surface area contributed by atoms with Crippen molar-refractivity contribution >= 4 is 28.9 Å². The summed E-state index contributed by atoms with van der Waals surface area (Å²) < 4.78 is 11.6. The Balaban J connectivity index is 3.38. The number of halogens is 2. The van der Waals surface area contributed by atoms with E-state index in [0.717, 1.165) is 0 Å². The topological polar surface area (TPSA) is 57.4 Å². The molecule has 0 fully saturated rings. The van der Waals surface area contributed by atoms with E-state index < -0.39 is 11.2 Å². The first-order chi connectivity index (χ1) is 8.41. The highest BCUT2D eigenvalue weighted by Crippen LogP contribution is 2.44. The molecular weight excluding hydrogens is 287 g/mol. The third kappa shape index (κ3) is 4.62. The van der Waals surface area contributed by atoms with Gasteiger partial charge in [-0.2, -0.15) is 0 Å². The number of hydrogen-bond donors (Lipinski definition) is 1. The lowest BCUT2D eigenvalue weighted by molar-refractivity contribution is 0.0962. The molecule has 108 valence electrons. The maximum Gasteiger partial charge on any atom is 0.201 e. The first-order valence-corrected chi connectivity index (χ1v) is 6.69. The second kappa shape index (κ2) is 5.25. The Morgan fingerprint density at radius 3 is 1.68 bits per heavy atom. The third-order valence-corrected chi connectivity index (χ3v) is 2.42. The van der Waals surface area contributed by atoms with Crippen LogP contribution in [0.25, 0.3) is 0 Å². The summed E-state index contributed by atoms with van der Waals surface area (Å²) in [6.45, 7) is 11.4. The zero-order chi connectivity index (χ0) is 15.0. The maximum atomic E-state index is 6.09. The molecule has 0 unspecified atom stereocenters. The SMILES string of the molecule is CC(C)(C)Oc1c(Cl)nc(Cl)c(N)c1OC(C)(C)C. The standard InChI is InChI=1S/C13H20Cl2N2O2/c1-12(2,3)18-8-7(16)10(14)17-11(15)9(8)19-13(4,5)6/h16H2,1-6H3. The maximum absolute atomic E-state index is 6.09. The Morgan fingerprint density at radius 2 is 1.26 bits per heavy atom. The van der Waals surface area contributed by atoms with E-state index in [1.807, 2.05) is 41.5 Å². The normalized spacial score (nSPS) is 12.4. The van der Waals surface area contributed by atoms with Gasteiger partial charge in [-0.15, -0.1) is 0 Å². The summed E-state index contributed by atoms with van der Waals surface area (Å²) in [5, 5.41) is 0.235. The van der Waals surface area contributed by atoms with Gasteiger partial charge in [0, 0.05) is 0 Å². The number of ether oxygens (including phenoxy) is 2. The predicted octanol–water partition coefficient (Wildman–Crippen LogP) is 4.33. The molecule has 0 saturated carbocycles. The highest BCUT2D eigenvalue weighted by atomic mass is 35.5. The Labute approximate surface area is 124 Å². The van der Waals surface area contributed by atoms with E-state index in [2.05, 4.69) is 4.98 Å². The fourth-order valence-corrected chi connectivity index (χ4v) is 1.73. The van der Waals surface area contributed by atoms with E-state index in [-0.39, 0.29) is 16.0 Å². The lowest BCUT2D eigenvalue weighted by atomic mass is 10.1. The summed E-state index contributed by atoms with van der Waals surface area (Å²) in [6.07, 6.45) is 0. The molecular formula is C13H20Cl2N2O2. The van der Waals surface area contributed by atoms with Crippen molar-refractivity contribution in [2.75, 3.05) is 5.73 Å². The summed E-state index contributed by atoms with van der Waals surface area (Å²) in [7, 11) is 0. The summed E-state index contributed by atoms with van der Waals surface area (Å²) in [5.74, 6) is 0.637. The van der Waals surface area contributed by atoms with Crippen molar-refractivity contribution in [1.82, 2.24) is 4.98 Å². The molecule has 2 N–H and O–H groups in total. The van der Waals surface area contributed by atoms with Crippen molar-refractivity contribution in [2.24, 2.45) is 0 Å². The average Bonchev–Trinajstić information content (AvgIpc) is 2.17. The molecule has 0 amide bonds. The summed E-state index contributed by atoms with van der Waals surface area (Å²) in [5.41, 5.74) is 5.23. The number of pyridine rings is 1. The molecule has 0 radical (unpaired) electrons. The van der Waals surface area contributed by atoms with Crippen LogP contribution < -0.4 is 15.2 Å². The number of nitrogens with two attached hydrogens (primary N) is 1. The Morgan fingerprint density at radius 1 is 0.842 bits per heavy atom. The van der Waals surface area contributed by atoms with Gasteiger partial charge in [-0.25, -0.2) is 4.98 Å². The van der Waals surface area contributed by atoms with E-state index >= 15 is 0 Å². The molecule has 0 aliphatic rings. The third-order valence-electron chi connectivity index (χ3n) is 1.87. The second-order valence-corrected chi connectivity index (χ2v) is 6.91. The molecule has 1 aromatic rings. The smallest absolute Gasteiger partial charge is 0.201 e. The van der Waals surface area contributed by atoms with Crippen molar-refractivity contribution in [3.63, 3.8) is 0 Å². The molecule has 0 aliphatic carbocycles. The van der Waals surface area contributed by atoms with Crippen LogP contribution in [-0.4, -0.2) is 16.2 Å². The fraction of sp³-hybridized carbons (Fsp3) is 0.615. The number of nitrogens with zero attached hydrogens (tertiary/aromatic N) is 1. The molecule has 0 bridgehead atoms. The highest BCUT2D eigenvalue weighted by molar-refractivity contribution is 6.35. The fourth-order valence-electron chi connectivity index (χ4n) is 1.31. The number of aromatic nitrogens is 1. The minimum Gasteiger partial charge on any atom is -0.482 e. The molecule has 1 rings (SSSR count). The van der Waals surface area contributed by atoms with E-state index in [4.69, 9.17) is 38.4 Å². The predicted molar refractivity (Wildman–Crippen MR) is 79.4 cm³/mol. The van der Waals surface area contributed by atoms with E-state index in [1.54, 1.807) is 0 Å². The van der Waals surface area contributed by atoms with Gasteiger partial charge >= 0.3 is 0 Å². The van der Waals surface area contributed by atoms with Crippen LogP contribution in [0.1, 0.15) is 41.5 Å². The minimum absolute atomic E-state index is 0.102. The van der Waals surface area contributed by atoms with Crippen molar-refractivity contribution < 1.29 is 9.47 Å². The number of rotatable bonds is 2. The van der Waals surface area contributed by atoms with Gasteiger partial charge in [0.2, 0.25) is 5.75 Å². The second-order valence-electron chi connectivity index (χ2n) is 6.19. The van der Waals surface area contributed by atoms with Crippen LogP contribution in [0.2, 0.25) is 10.3 Å². The summed E-state index contributed by atoms with van der Waals surface area (Å²) in [4.78, 5) is 3.95. The van der Waals surface area contributed by atoms with Crippen molar-refractivity contribution in [3.8, 4) is 11.5 Å². The molecule has 4 nitrogen and oxygen atoms in total. The minimum atomic E-state index is -0.460. The van der Waals surface area contributed by atoms with Gasteiger partial charge in [-0.05, 0) is 41.5 Å². The van der Waals surface area contributed by atoms with Gasteiger partial charge in [0.25, 0.3) is 0 Å². The quantitative estimate of drug-likeness (QED) is 0.826. The molecule has 19 heavy (non-hydrogen) atoms. The zero-order valence-corrected chi connectivity index (χ0v) is 13.6. The van der Waals surface area contributed by atoms with Crippen LogP contribution >= 0.6 is 23.2 Å². The lowest BCUT2D eigenvalue weighted by Gasteiger charge is -2.28. The number of anilines is 1. The Kier molecular flexibility index (Phi) is 4.47. The van der Waals surface area contributed by atoms with Crippen LogP contribution in [-0.2, 0) is 0 Å². The Hall–Kier alpha value is -0.870. The highest BCUT2D eigenvalue weighted by Gasteiger charge is 2.26. The molecule has 6 heteroatoms. The van der Waals surface area contributed by atoms with Gasteiger partial charge < -0.3 is 15.2 Å². The zero-order valence-electron chi connectivity index (χ0n) is 12.1. The number of nitrogen functional groups attached to an aromatic ring is 1. The van der Waals surface area contributed by atoms with Gasteiger partial charge in [0.1, 0.15) is 16.9 Å². The van der Waals surface area contributed by atoms with Gasteiger partial charge in [-0.1, -0.05) is 23.2 Å². The van der Waals surface area contributed by atoms with Crippen LogP contribution in [0.4, 0.5) is 5.69 Å². The van der Waals surface area contributed by atoms with Gasteiger partial charge in [0.05, 0.1) is 0 Å². The molecule has 1 aromatic heterocycles. The van der Waals surface area contributed by atoms with Crippen molar-refractivity contribution in [3.05, 3.63) is 10.3 Å². The molecule has 0 saturated heterocycles. The van der Waals surface area contributed by atoms with E-state index in [9.17, 15) is 0 Å². The molecule has 0 aromatic carbocycles. The lowest BCUT2D eigenvalue weighted by Crippen LogP contribution is -2.27. The van der Waals surface area contributed by atoms with Crippen LogP contribution in [0.15, 0.2) is 0 Å². The van der Waals surface area contributed by atoms with Gasteiger partial charge in [-0.3, -0.25) is 0 Å². The van der Waals surface area contributed by atoms with E-state index in [0.29, 0.717) is 11.5 Å². The van der Waals surface area contributed by atoms with Crippen LogP contribution in [0.3, 0.4) is 0 Å². The summed E-state index contributed by atoms with van der Waals surface area (Å²) >= 11 is 12.0. The molecule has 0 atom stereocenters. The first-order valence-electron chi connectivity index (χ1n) is 5.93. The van der Waals surface area contributed by atoms with Crippen molar-refractivity contribution in [2.45, 2.75) is 52.7 Å². The van der Waals surface area contributed by atoms with Crippen LogP contribution in [0, 0.1) is 0 Å². The van der Waals surface area contributed by atoms with Crippen molar-refractivity contribution in [1.29, 1.82) is 0 Å². The number of hydrogen-bond acceptors (Lipinski definition) is 4. The Bertz CT molecular complexity index is 477. The summed E-state index contributed by atoms with van der Waals surface area (Å²) in [6, 6.07) is 0. The molecule has 1 heterocycles.